The Balaban J connectivity index is 1.42. The molecule has 1 saturated heterocycles. The number of thioether (sulfide) groups is 1. The van der Waals surface area contributed by atoms with Gasteiger partial charge in [0.25, 0.3) is 0 Å². The normalized spacial score (nSPS) is 14.3. The first-order valence-electron chi connectivity index (χ1n) is 10.9. The smallest absolute Gasteiger partial charge is 0.311 e. The number of nitrogens with zero attached hydrogens (tertiary/aromatic N) is 5. The number of aromatic nitrogens is 2. The van der Waals surface area contributed by atoms with Crippen LogP contribution in [0.2, 0.25) is 0 Å². The van der Waals surface area contributed by atoms with Crippen LogP contribution < -0.4 is 21.3 Å². The lowest BCUT2D eigenvalue weighted by molar-refractivity contribution is -0.384. The summed E-state index contributed by atoms with van der Waals surface area (Å²) in [6, 6.07) is 16.7. The topological polar surface area (TPSA) is 135 Å². The van der Waals surface area contributed by atoms with Crippen LogP contribution in [0.25, 0.3) is 0 Å². The summed E-state index contributed by atoms with van der Waals surface area (Å²) in [4.78, 5) is 26.2. The van der Waals surface area contributed by atoms with Crippen molar-refractivity contribution in [3.05, 3.63) is 70.9 Å². The fourth-order valence-electron chi connectivity index (χ4n) is 3.67. The molecule has 0 amide bonds. The number of aliphatic imine (C=N–C) groups is 1. The number of benzene rings is 1. The molecule has 3 aromatic rings. The Morgan fingerprint density at radius 3 is 2.59 bits per heavy atom. The van der Waals surface area contributed by atoms with Crippen molar-refractivity contribution < 1.29 is 4.92 Å². The van der Waals surface area contributed by atoms with Gasteiger partial charge in [-0.05, 0) is 55.3 Å². The quantitative estimate of drug-likeness (QED) is 0.178. The summed E-state index contributed by atoms with van der Waals surface area (Å²) in [7, 11) is 0. The molecule has 0 bridgehead atoms. The van der Waals surface area contributed by atoms with Crippen LogP contribution in [0.3, 0.4) is 0 Å². The summed E-state index contributed by atoms with van der Waals surface area (Å²) >= 11 is 1.76. The Labute approximate surface area is 201 Å². The Morgan fingerprint density at radius 2 is 1.91 bits per heavy atom. The van der Waals surface area contributed by atoms with Gasteiger partial charge in [-0.2, -0.15) is 0 Å². The van der Waals surface area contributed by atoms with E-state index in [1.807, 2.05) is 47.4 Å². The van der Waals surface area contributed by atoms with Crippen molar-refractivity contribution in [1.82, 2.24) is 9.97 Å². The first-order valence-corrected chi connectivity index (χ1v) is 11.8. The number of nitrogens with two attached hydrogens (primary N) is 1. The summed E-state index contributed by atoms with van der Waals surface area (Å²) in [5, 5.41) is 19.5. The van der Waals surface area contributed by atoms with Crippen LogP contribution in [0.1, 0.15) is 12.8 Å². The van der Waals surface area contributed by atoms with Gasteiger partial charge in [0, 0.05) is 42.0 Å². The van der Waals surface area contributed by atoms with Gasteiger partial charge in [0.1, 0.15) is 12.5 Å². The summed E-state index contributed by atoms with van der Waals surface area (Å²) in [5.41, 5.74) is 6.98. The summed E-state index contributed by atoms with van der Waals surface area (Å²) in [5.74, 6) is 0.952. The van der Waals surface area contributed by atoms with E-state index in [9.17, 15) is 10.1 Å². The van der Waals surface area contributed by atoms with Gasteiger partial charge in [-0.15, -0.1) is 11.8 Å². The zero-order chi connectivity index (χ0) is 23.8. The van der Waals surface area contributed by atoms with Crippen molar-refractivity contribution in [3.8, 4) is 0 Å². The maximum atomic E-state index is 11.7. The Hall–Kier alpha value is -3.86. The first kappa shape index (κ1) is 23.3. The van der Waals surface area contributed by atoms with Crippen LogP contribution in [0.15, 0.2) is 70.8 Å². The van der Waals surface area contributed by atoms with E-state index in [-0.39, 0.29) is 10.6 Å². The van der Waals surface area contributed by atoms with E-state index in [4.69, 9.17) is 5.73 Å². The molecule has 1 fully saturated rings. The van der Waals surface area contributed by atoms with Gasteiger partial charge in [0.15, 0.2) is 0 Å². The van der Waals surface area contributed by atoms with E-state index >= 15 is 0 Å². The number of hydrogen-bond donors (Lipinski definition) is 3. The van der Waals surface area contributed by atoms with Crippen molar-refractivity contribution in [1.29, 1.82) is 0 Å². The number of anilines is 4. The minimum atomic E-state index is -0.370. The highest BCUT2D eigenvalue weighted by Gasteiger charge is 2.27. The Morgan fingerprint density at radius 1 is 1.15 bits per heavy atom. The molecule has 34 heavy (non-hydrogen) atoms. The fraction of sp³-hybridized carbons (Fsp3) is 0.261. The fourth-order valence-corrected chi connectivity index (χ4v) is 4.73. The number of piperidine rings is 1. The van der Waals surface area contributed by atoms with Gasteiger partial charge >= 0.3 is 5.69 Å². The Kier molecular flexibility index (Phi) is 7.76. The number of rotatable bonds is 9. The molecule has 4 N–H and O–H groups in total. The molecule has 4 rings (SSSR count). The van der Waals surface area contributed by atoms with Crippen molar-refractivity contribution in [3.63, 3.8) is 0 Å². The van der Waals surface area contributed by atoms with Gasteiger partial charge < -0.3 is 21.3 Å². The second kappa shape index (κ2) is 11.3. The van der Waals surface area contributed by atoms with Gasteiger partial charge in [-0.3, -0.25) is 15.1 Å². The summed E-state index contributed by atoms with van der Waals surface area (Å²) < 4.78 is 0. The van der Waals surface area contributed by atoms with Crippen LogP contribution in [-0.4, -0.2) is 46.2 Å². The van der Waals surface area contributed by atoms with Crippen LogP contribution in [0, 0.1) is 10.1 Å². The van der Waals surface area contributed by atoms with Crippen LogP contribution in [0.4, 0.5) is 28.7 Å². The molecule has 176 valence electrons. The van der Waals surface area contributed by atoms with Gasteiger partial charge in [-0.25, -0.2) is 9.97 Å². The largest absolute Gasteiger partial charge is 0.390 e. The molecular formula is C23H26N8O2S. The lowest BCUT2D eigenvalue weighted by atomic mass is 10.1. The van der Waals surface area contributed by atoms with Crippen molar-refractivity contribution in [2.45, 2.75) is 23.1 Å². The zero-order valence-corrected chi connectivity index (χ0v) is 19.3. The molecule has 11 heteroatoms. The second-order valence-corrected chi connectivity index (χ2v) is 8.96. The lowest BCUT2D eigenvalue weighted by Gasteiger charge is -2.32. The van der Waals surface area contributed by atoms with E-state index in [0.29, 0.717) is 36.6 Å². The molecule has 0 atom stereocenters. The molecule has 0 aliphatic carbocycles. The number of hydrogen-bond acceptors (Lipinski definition) is 9. The average molecular weight is 479 g/mol. The number of nitrogens with one attached hydrogen (secondary N) is 2. The predicted molar refractivity (Wildman–Crippen MR) is 137 cm³/mol. The van der Waals surface area contributed by atoms with Crippen LogP contribution in [-0.2, 0) is 0 Å². The highest BCUT2D eigenvalue weighted by atomic mass is 32.2. The predicted octanol–water partition coefficient (Wildman–Crippen LogP) is 4.25. The molecule has 1 aliphatic heterocycles. The molecule has 2 aromatic heterocycles. The number of pyridine rings is 2. The molecule has 0 radical (unpaired) electrons. The summed E-state index contributed by atoms with van der Waals surface area (Å²) in [6.07, 6.45) is 4.85. The number of nitro groups is 1. The van der Waals surface area contributed by atoms with Gasteiger partial charge in [-0.1, -0.05) is 6.07 Å². The average Bonchev–Trinajstić information content (AvgIpc) is 2.86. The highest BCUT2D eigenvalue weighted by Crippen LogP contribution is 2.34. The minimum absolute atomic E-state index is 0.0152. The molecule has 10 nitrogen and oxygen atoms in total. The van der Waals surface area contributed by atoms with E-state index in [1.54, 1.807) is 24.0 Å². The molecule has 0 spiro atoms. The van der Waals surface area contributed by atoms with Crippen molar-refractivity contribution >= 4 is 46.8 Å². The van der Waals surface area contributed by atoms with Crippen molar-refractivity contribution in [2.24, 2.45) is 10.7 Å². The van der Waals surface area contributed by atoms with Gasteiger partial charge in [0.2, 0.25) is 5.82 Å². The van der Waals surface area contributed by atoms with E-state index in [0.717, 1.165) is 29.2 Å². The molecular weight excluding hydrogens is 452 g/mol. The van der Waals surface area contributed by atoms with Crippen LogP contribution in [0.5, 0.6) is 0 Å². The monoisotopic (exact) mass is 478 g/mol. The second-order valence-electron chi connectivity index (χ2n) is 7.64. The standard InChI is InChI=1S/C23H26N8O2S/c24-15-25-16-27-17-4-6-18(7-5-17)28-21-9-8-20(31(32)33)23(29-21)30-13-10-19(11-14-30)34-22-3-1-2-12-26-22/h1-9,12,15,19,27H,10-11,13-14,16H2,(H2,24,25)(H,28,29). The third-order valence-corrected chi connectivity index (χ3v) is 6.64. The molecule has 1 aliphatic rings. The third-order valence-electron chi connectivity index (χ3n) is 5.36. The van der Waals surface area contributed by atoms with Crippen molar-refractivity contribution in [2.75, 3.05) is 35.3 Å². The third kappa shape index (κ3) is 6.13. The van der Waals surface area contributed by atoms with Gasteiger partial charge in [0.05, 0.1) is 16.3 Å². The Bertz CT molecular complexity index is 1120. The van der Waals surface area contributed by atoms with E-state index in [1.165, 1.54) is 12.4 Å². The maximum Gasteiger partial charge on any atom is 0.311 e. The van der Waals surface area contributed by atoms with Crippen LogP contribution >= 0.6 is 11.8 Å². The molecule has 0 saturated carbocycles. The zero-order valence-electron chi connectivity index (χ0n) is 18.5. The molecule has 3 heterocycles. The van der Waals surface area contributed by atoms with E-state index in [2.05, 4.69) is 25.6 Å². The summed E-state index contributed by atoms with van der Waals surface area (Å²) in [6.45, 7) is 1.80. The minimum Gasteiger partial charge on any atom is -0.390 e. The maximum absolute atomic E-state index is 11.7. The highest BCUT2D eigenvalue weighted by molar-refractivity contribution is 7.99. The SMILES string of the molecule is N/C=N\CNc1ccc(Nc2ccc([N+](=O)[O-])c(N3CCC(Sc4ccccn4)CC3)n2)cc1. The molecule has 1 aromatic carbocycles. The first-order chi connectivity index (χ1) is 16.6. The lowest BCUT2D eigenvalue weighted by Crippen LogP contribution is -2.35. The van der Waals surface area contributed by atoms with E-state index < -0.39 is 0 Å². The molecule has 0 unspecified atom stereocenters.